The van der Waals surface area contributed by atoms with E-state index < -0.39 is 11.7 Å². The number of nitrogen functional groups attached to an aromatic ring is 1. The van der Waals surface area contributed by atoms with Crippen molar-refractivity contribution < 1.29 is 9.18 Å². The molecule has 2 rings (SSSR count). The van der Waals surface area contributed by atoms with Crippen LogP contribution in [0.3, 0.4) is 0 Å². The Morgan fingerprint density at radius 1 is 1.33 bits per heavy atom. The van der Waals surface area contributed by atoms with Crippen molar-refractivity contribution in [3.8, 4) is 0 Å². The summed E-state index contributed by atoms with van der Waals surface area (Å²) in [6, 6.07) is 7.23. The molecule has 1 aromatic heterocycles. The molecule has 0 fully saturated rings. The average molecular weight is 310 g/mol. The van der Waals surface area contributed by atoms with E-state index >= 15 is 0 Å². The number of rotatable bonds is 2. The fourth-order valence-electron chi connectivity index (χ4n) is 1.35. The molecule has 0 atom stereocenters. The van der Waals surface area contributed by atoms with Crippen LogP contribution in [-0.4, -0.2) is 10.9 Å². The topological polar surface area (TPSA) is 68.0 Å². The second-order valence-electron chi connectivity index (χ2n) is 3.56. The third kappa shape index (κ3) is 2.84. The molecule has 0 aliphatic rings. The number of pyridine rings is 1. The number of nitrogens with zero attached hydrogens (tertiary/aromatic N) is 1. The number of carbonyl (C=O) groups excluding carboxylic acids is 1. The first-order valence-electron chi connectivity index (χ1n) is 5.04. The van der Waals surface area contributed by atoms with Crippen LogP contribution in [0.4, 0.5) is 15.9 Å². The van der Waals surface area contributed by atoms with E-state index in [2.05, 4.69) is 26.2 Å². The molecule has 0 saturated heterocycles. The number of aromatic nitrogens is 1. The van der Waals surface area contributed by atoms with Crippen LogP contribution in [0.2, 0.25) is 0 Å². The molecule has 6 heteroatoms. The van der Waals surface area contributed by atoms with Crippen LogP contribution in [0, 0.1) is 5.82 Å². The van der Waals surface area contributed by atoms with Crippen LogP contribution < -0.4 is 11.1 Å². The zero-order valence-electron chi connectivity index (χ0n) is 9.15. The lowest BCUT2D eigenvalue weighted by molar-refractivity contribution is 0.102. The summed E-state index contributed by atoms with van der Waals surface area (Å²) in [5.74, 6) is -0.883. The second kappa shape index (κ2) is 5.14. The average Bonchev–Trinajstić information content (AvgIpc) is 2.32. The summed E-state index contributed by atoms with van der Waals surface area (Å²) in [6.45, 7) is 0. The summed E-state index contributed by atoms with van der Waals surface area (Å²) in [5, 5.41) is 2.49. The molecule has 0 aliphatic heterocycles. The second-order valence-corrected chi connectivity index (χ2v) is 4.47. The van der Waals surface area contributed by atoms with E-state index in [-0.39, 0.29) is 11.3 Å². The molecule has 0 spiro atoms. The minimum atomic E-state index is -0.662. The van der Waals surface area contributed by atoms with Crippen molar-refractivity contribution in [2.45, 2.75) is 0 Å². The van der Waals surface area contributed by atoms with Gasteiger partial charge in [-0.2, -0.15) is 0 Å². The van der Waals surface area contributed by atoms with Crippen LogP contribution in [-0.2, 0) is 0 Å². The van der Waals surface area contributed by atoms with Gasteiger partial charge in [0.15, 0.2) is 0 Å². The van der Waals surface area contributed by atoms with Gasteiger partial charge in [-0.25, -0.2) is 9.37 Å². The van der Waals surface area contributed by atoms with Crippen molar-refractivity contribution >= 4 is 33.3 Å². The third-order valence-corrected chi connectivity index (χ3v) is 2.68. The highest BCUT2D eigenvalue weighted by Crippen LogP contribution is 2.15. The van der Waals surface area contributed by atoms with E-state index in [1.807, 2.05) is 0 Å². The molecule has 0 aliphatic carbocycles. The van der Waals surface area contributed by atoms with Gasteiger partial charge in [-0.1, -0.05) is 0 Å². The van der Waals surface area contributed by atoms with Gasteiger partial charge < -0.3 is 11.1 Å². The molecule has 1 heterocycles. The van der Waals surface area contributed by atoms with Gasteiger partial charge in [-0.15, -0.1) is 0 Å². The molecule has 1 aromatic carbocycles. The number of anilines is 2. The molecule has 2 aromatic rings. The number of benzene rings is 1. The van der Waals surface area contributed by atoms with Gasteiger partial charge in [-0.05, 0) is 46.3 Å². The Kier molecular flexibility index (Phi) is 3.57. The number of hydrogen-bond acceptors (Lipinski definition) is 3. The summed E-state index contributed by atoms with van der Waals surface area (Å²) in [5.41, 5.74) is 5.60. The Hall–Kier alpha value is -1.95. The monoisotopic (exact) mass is 309 g/mol. The quantitative estimate of drug-likeness (QED) is 0.838. The van der Waals surface area contributed by atoms with Gasteiger partial charge in [0.05, 0.1) is 5.56 Å². The van der Waals surface area contributed by atoms with Crippen LogP contribution in [0.5, 0.6) is 0 Å². The molecule has 18 heavy (non-hydrogen) atoms. The Labute approximate surface area is 111 Å². The summed E-state index contributed by atoms with van der Waals surface area (Å²) >= 11 is 3.23. The number of nitrogens with one attached hydrogen (secondary N) is 1. The van der Waals surface area contributed by atoms with Gasteiger partial charge >= 0.3 is 0 Å². The normalized spacial score (nSPS) is 10.1. The van der Waals surface area contributed by atoms with Gasteiger partial charge in [-0.3, -0.25) is 4.79 Å². The molecule has 0 saturated carbocycles. The maximum absolute atomic E-state index is 13.5. The Bertz CT molecular complexity index is 586. The van der Waals surface area contributed by atoms with Crippen molar-refractivity contribution in [2.24, 2.45) is 0 Å². The number of hydrogen-bond donors (Lipinski definition) is 2. The zero-order valence-corrected chi connectivity index (χ0v) is 10.7. The Balaban J connectivity index is 2.19. The standard InChI is InChI=1S/C12H9BrFN3O/c13-7-1-4-11(16-6-7)17-12(18)9-3-2-8(15)5-10(9)14/h1-6H,15H2,(H,16,17,18). The summed E-state index contributed by atoms with van der Waals surface area (Å²) < 4.78 is 14.3. The molecule has 1 amide bonds. The van der Waals surface area contributed by atoms with Crippen molar-refractivity contribution in [3.05, 3.63) is 52.4 Å². The van der Waals surface area contributed by atoms with Crippen molar-refractivity contribution in [1.29, 1.82) is 0 Å². The van der Waals surface area contributed by atoms with Crippen LogP contribution in [0.1, 0.15) is 10.4 Å². The molecule has 0 bridgehead atoms. The first kappa shape index (κ1) is 12.5. The van der Waals surface area contributed by atoms with E-state index in [9.17, 15) is 9.18 Å². The highest BCUT2D eigenvalue weighted by molar-refractivity contribution is 9.10. The van der Waals surface area contributed by atoms with Crippen molar-refractivity contribution in [3.63, 3.8) is 0 Å². The van der Waals surface area contributed by atoms with E-state index in [0.717, 1.165) is 10.5 Å². The van der Waals surface area contributed by atoms with Gasteiger partial charge in [0.2, 0.25) is 0 Å². The Morgan fingerprint density at radius 2 is 2.11 bits per heavy atom. The SMILES string of the molecule is Nc1ccc(C(=O)Nc2ccc(Br)cn2)c(F)c1. The predicted molar refractivity (Wildman–Crippen MR) is 70.7 cm³/mol. The molecule has 0 unspecified atom stereocenters. The van der Waals surface area contributed by atoms with Crippen molar-refractivity contribution in [2.75, 3.05) is 11.1 Å². The summed E-state index contributed by atoms with van der Waals surface area (Å²) in [6.07, 6.45) is 1.54. The van der Waals surface area contributed by atoms with E-state index in [1.165, 1.54) is 18.3 Å². The molecular formula is C12H9BrFN3O. The lowest BCUT2D eigenvalue weighted by Gasteiger charge is -2.05. The summed E-state index contributed by atoms with van der Waals surface area (Å²) in [7, 11) is 0. The number of amides is 1. The first-order valence-corrected chi connectivity index (χ1v) is 5.83. The van der Waals surface area contributed by atoms with E-state index in [0.29, 0.717) is 5.82 Å². The number of halogens is 2. The molecule has 4 nitrogen and oxygen atoms in total. The summed E-state index contributed by atoms with van der Waals surface area (Å²) in [4.78, 5) is 15.8. The number of carbonyl (C=O) groups is 1. The van der Waals surface area contributed by atoms with Crippen LogP contribution in [0.25, 0.3) is 0 Å². The smallest absolute Gasteiger partial charge is 0.259 e. The van der Waals surface area contributed by atoms with E-state index in [1.54, 1.807) is 12.1 Å². The highest BCUT2D eigenvalue weighted by Gasteiger charge is 2.12. The number of nitrogens with two attached hydrogens (primary N) is 1. The predicted octanol–water partition coefficient (Wildman–Crippen LogP) is 2.82. The van der Waals surface area contributed by atoms with Crippen LogP contribution in [0.15, 0.2) is 41.0 Å². The van der Waals surface area contributed by atoms with Crippen molar-refractivity contribution in [1.82, 2.24) is 4.98 Å². The maximum atomic E-state index is 13.5. The molecular weight excluding hydrogens is 301 g/mol. The minimum absolute atomic E-state index is 0.0751. The van der Waals surface area contributed by atoms with E-state index in [4.69, 9.17) is 5.73 Å². The minimum Gasteiger partial charge on any atom is -0.399 e. The first-order chi connectivity index (χ1) is 8.56. The largest absolute Gasteiger partial charge is 0.399 e. The third-order valence-electron chi connectivity index (χ3n) is 2.21. The lowest BCUT2D eigenvalue weighted by atomic mass is 10.2. The zero-order chi connectivity index (χ0) is 13.1. The fraction of sp³-hybridized carbons (Fsp3) is 0. The Morgan fingerprint density at radius 3 is 2.72 bits per heavy atom. The lowest BCUT2D eigenvalue weighted by Crippen LogP contribution is -2.14. The molecule has 92 valence electrons. The fourth-order valence-corrected chi connectivity index (χ4v) is 1.58. The van der Waals surface area contributed by atoms with Crippen LogP contribution >= 0.6 is 15.9 Å². The highest BCUT2D eigenvalue weighted by atomic mass is 79.9. The molecule has 3 N–H and O–H groups in total. The van der Waals surface area contributed by atoms with Gasteiger partial charge in [0.25, 0.3) is 5.91 Å². The molecule has 0 radical (unpaired) electrons. The van der Waals surface area contributed by atoms with Gasteiger partial charge in [0, 0.05) is 16.4 Å². The maximum Gasteiger partial charge on any atom is 0.259 e. The van der Waals surface area contributed by atoms with Gasteiger partial charge in [0.1, 0.15) is 11.6 Å².